The molecule has 0 spiro atoms. The lowest BCUT2D eigenvalue weighted by atomic mass is 10.1. The number of nitrogens with zero attached hydrogens (tertiary/aromatic N) is 4. The SMILES string of the molecule is CC(C)(C)OC(=O)Nc1ccc(F)cc1NC(=O)c1ccc2nc(N3CCN(C(=O)OC(C)(C)C)CC3)cnc2c1. The number of rotatable bonds is 4. The van der Waals surface area contributed by atoms with E-state index in [1.165, 1.54) is 12.1 Å². The van der Waals surface area contributed by atoms with Crippen LogP contribution in [0.5, 0.6) is 0 Å². The number of nitrogens with one attached hydrogen (secondary N) is 2. The molecular weight excluding hydrogens is 531 g/mol. The molecule has 2 aromatic carbocycles. The molecule has 1 saturated heterocycles. The molecule has 3 aromatic rings. The lowest BCUT2D eigenvalue weighted by molar-refractivity contribution is 0.0240. The zero-order valence-corrected chi connectivity index (χ0v) is 24.1. The van der Waals surface area contributed by atoms with Gasteiger partial charge >= 0.3 is 12.2 Å². The Morgan fingerprint density at radius 1 is 0.829 bits per heavy atom. The summed E-state index contributed by atoms with van der Waals surface area (Å²) >= 11 is 0. The number of fused-ring (bicyclic) bond motifs is 1. The summed E-state index contributed by atoms with van der Waals surface area (Å²) in [5.41, 5.74) is 0.349. The third-order valence-corrected chi connectivity index (χ3v) is 5.91. The number of ether oxygens (including phenoxy) is 2. The Kier molecular flexibility index (Phi) is 8.32. The Morgan fingerprint density at radius 3 is 2.17 bits per heavy atom. The molecule has 1 aromatic heterocycles. The highest BCUT2D eigenvalue weighted by Crippen LogP contribution is 2.25. The molecule has 2 N–H and O–H groups in total. The van der Waals surface area contributed by atoms with Gasteiger partial charge in [0.1, 0.15) is 22.8 Å². The molecule has 1 aliphatic rings. The third-order valence-electron chi connectivity index (χ3n) is 5.91. The maximum Gasteiger partial charge on any atom is 0.412 e. The van der Waals surface area contributed by atoms with Crippen molar-refractivity contribution in [2.45, 2.75) is 52.7 Å². The number of anilines is 3. The second-order valence-corrected chi connectivity index (χ2v) is 11.7. The lowest BCUT2D eigenvalue weighted by Gasteiger charge is -2.36. The molecule has 1 aliphatic heterocycles. The molecule has 12 heteroatoms. The van der Waals surface area contributed by atoms with E-state index in [9.17, 15) is 18.8 Å². The molecule has 0 saturated carbocycles. The van der Waals surface area contributed by atoms with Gasteiger partial charge in [0, 0.05) is 31.7 Å². The minimum Gasteiger partial charge on any atom is -0.444 e. The zero-order valence-electron chi connectivity index (χ0n) is 24.1. The van der Waals surface area contributed by atoms with Gasteiger partial charge in [-0.3, -0.25) is 15.1 Å². The molecule has 41 heavy (non-hydrogen) atoms. The van der Waals surface area contributed by atoms with Crippen molar-refractivity contribution in [2.75, 3.05) is 41.7 Å². The molecule has 3 amide bonds. The Labute approximate surface area is 238 Å². The van der Waals surface area contributed by atoms with Gasteiger partial charge in [-0.05, 0) is 77.9 Å². The van der Waals surface area contributed by atoms with E-state index in [0.29, 0.717) is 43.0 Å². The van der Waals surface area contributed by atoms with Gasteiger partial charge in [-0.2, -0.15) is 0 Å². The van der Waals surface area contributed by atoms with Gasteiger partial charge in [0.05, 0.1) is 28.6 Å². The second-order valence-electron chi connectivity index (χ2n) is 11.7. The lowest BCUT2D eigenvalue weighted by Crippen LogP contribution is -2.50. The maximum atomic E-state index is 14.0. The number of carbonyl (C=O) groups is 3. The van der Waals surface area contributed by atoms with Crippen molar-refractivity contribution in [1.29, 1.82) is 0 Å². The van der Waals surface area contributed by atoms with Gasteiger partial charge < -0.3 is 24.6 Å². The van der Waals surface area contributed by atoms with Gasteiger partial charge in [-0.25, -0.2) is 19.0 Å². The molecule has 0 unspecified atom stereocenters. The summed E-state index contributed by atoms with van der Waals surface area (Å²) < 4.78 is 24.7. The number of amides is 3. The van der Waals surface area contributed by atoms with E-state index in [0.717, 1.165) is 6.07 Å². The van der Waals surface area contributed by atoms with Crippen LogP contribution in [0, 0.1) is 5.82 Å². The number of piperazine rings is 1. The molecule has 1 fully saturated rings. The normalized spacial score (nSPS) is 14.0. The number of halogens is 1. The Balaban J connectivity index is 1.43. The average molecular weight is 567 g/mol. The van der Waals surface area contributed by atoms with E-state index >= 15 is 0 Å². The molecule has 218 valence electrons. The molecule has 0 atom stereocenters. The van der Waals surface area contributed by atoms with Crippen molar-refractivity contribution < 1.29 is 28.2 Å². The van der Waals surface area contributed by atoms with Crippen molar-refractivity contribution in [3.63, 3.8) is 0 Å². The van der Waals surface area contributed by atoms with Crippen LogP contribution in [0.4, 0.5) is 31.2 Å². The average Bonchev–Trinajstić information content (AvgIpc) is 2.87. The van der Waals surface area contributed by atoms with Crippen molar-refractivity contribution in [1.82, 2.24) is 14.9 Å². The third kappa shape index (κ3) is 8.03. The maximum absolute atomic E-state index is 14.0. The van der Waals surface area contributed by atoms with E-state index in [4.69, 9.17) is 9.47 Å². The van der Waals surface area contributed by atoms with Crippen molar-refractivity contribution in [3.8, 4) is 0 Å². The number of benzene rings is 2. The number of hydrogen-bond acceptors (Lipinski definition) is 8. The molecule has 0 aliphatic carbocycles. The molecule has 0 bridgehead atoms. The molecule has 2 heterocycles. The first kappa shape index (κ1) is 29.5. The summed E-state index contributed by atoms with van der Waals surface area (Å²) in [6, 6.07) is 8.49. The van der Waals surface area contributed by atoms with Crippen LogP contribution < -0.4 is 15.5 Å². The summed E-state index contributed by atoms with van der Waals surface area (Å²) in [7, 11) is 0. The highest BCUT2D eigenvalue weighted by molar-refractivity contribution is 6.08. The first-order chi connectivity index (χ1) is 19.2. The van der Waals surface area contributed by atoms with Gasteiger partial charge in [0.2, 0.25) is 0 Å². The van der Waals surface area contributed by atoms with Gasteiger partial charge in [-0.1, -0.05) is 0 Å². The highest BCUT2D eigenvalue weighted by atomic mass is 19.1. The number of hydrogen-bond donors (Lipinski definition) is 2. The topological polar surface area (TPSA) is 126 Å². The second kappa shape index (κ2) is 11.6. The van der Waals surface area contributed by atoms with Crippen molar-refractivity contribution in [3.05, 3.63) is 54.0 Å². The predicted molar refractivity (Wildman–Crippen MR) is 154 cm³/mol. The Hall–Kier alpha value is -4.48. The molecular formula is C29H35FN6O5. The standard InChI is InChI=1S/C29H35FN6O5/c1-28(2,3)40-26(38)34-21-10-8-19(30)16-23(21)33-25(37)18-7-9-20-22(15-18)31-17-24(32-20)35-11-13-36(14-12-35)27(39)41-29(4,5)6/h7-10,15-17H,11-14H2,1-6H3,(H,33,37)(H,34,38). The number of carbonyl (C=O) groups excluding carboxylic acids is 3. The summed E-state index contributed by atoms with van der Waals surface area (Å²) in [5, 5.41) is 5.18. The smallest absolute Gasteiger partial charge is 0.412 e. The molecule has 11 nitrogen and oxygen atoms in total. The fourth-order valence-corrected chi connectivity index (χ4v) is 4.08. The van der Waals surface area contributed by atoms with Gasteiger partial charge in [0.25, 0.3) is 5.91 Å². The van der Waals surface area contributed by atoms with Gasteiger partial charge in [0.15, 0.2) is 0 Å². The van der Waals surface area contributed by atoms with Crippen LogP contribution in [-0.4, -0.2) is 70.3 Å². The largest absolute Gasteiger partial charge is 0.444 e. The summed E-state index contributed by atoms with van der Waals surface area (Å²) in [5.74, 6) is -0.441. The van der Waals surface area contributed by atoms with Crippen LogP contribution in [-0.2, 0) is 9.47 Å². The highest BCUT2D eigenvalue weighted by Gasteiger charge is 2.26. The van der Waals surface area contributed by atoms with Crippen LogP contribution >= 0.6 is 0 Å². The minimum atomic E-state index is -0.734. The van der Waals surface area contributed by atoms with E-state index < -0.39 is 29.0 Å². The van der Waals surface area contributed by atoms with E-state index in [1.807, 2.05) is 25.7 Å². The van der Waals surface area contributed by atoms with Crippen LogP contribution in [0.2, 0.25) is 0 Å². The summed E-state index contributed by atoms with van der Waals surface area (Å²) in [4.78, 5) is 50.5. The fraction of sp³-hybridized carbons (Fsp3) is 0.414. The van der Waals surface area contributed by atoms with E-state index in [2.05, 4.69) is 20.6 Å². The van der Waals surface area contributed by atoms with Crippen molar-refractivity contribution in [2.24, 2.45) is 0 Å². The van der Waals surface area contributed by atoms with Crippen LogP contribution in [0.15, 0.2) is 42.6 Å². The Morgan fingerprint density at radius 2 is 1.51 bits per heavy atom. The molecule has 4 rings (SSSR count). The summed E-state index contributed by atoms with van der Waals surface area (Å²) in [6.07, 6.45) is 0.559. The summed E-state index contributed by atoms with van der Waals surface area (Å²) in [6.45, 7) is 12.8. The van der Waals surface area contributed by atoms with Crippen LogP contribution in [0.3, 0.4) is 0 Å². The van der Waals surface area contributed by atoms with E-state index in [1.54, 1.807) is 50.1 Å². The monoisotopic (exact) mass is 566 g/mol. The molecule has 0 radical (unpaired) electrons. The quantitative estimate of drug-likeness (QED) is 0.429. The van der Waals surface area contributed by atoms with Crippen LogP contribution in [0.1, 0.15) is 51.9 Å². The van der Waals surface area contributed by atoms with Crippen LogP contribution in [0.25, 0.3) is 11.0 Å². The first-order valence-electron chi connectivity index (χ1n) is 13.3. The first-order valence-corrected chi connectivity index (χ1v) is 13.3. The van der Waals surface area contributed by atoms with E-state index in [-0.39, 0.29) is 23.0 Å². The Bertz CT molecular complexity index is 1460. The number of aromatic nitrogens is 2. The fourth-order valence-electron chi connectivity index (χ4n) is 4.08. The predicted octanol–water partition coefficient (Wildman–Crippen LogP) is 5.43. The zero-order chi connectivity index (χ0) is 29.9. The van der Waals surface area contributed by atoms with Gasteiger partial charge in [-0.15, -0.1) is 0 Å². The minimum absolute atomic E-state index is 0.0768. The van der Waals surface area contributed by atoms with Crippen molar-refractivity contribution >= 4 is 46.3 Å².